The maximum absolute atomic E-state index is 12.9. The molecule has 0 amide bonds. The van der Waals surface area contributed by atoms with Crippen LogP contribution in [0.2, 0.25) is 0 Å². The van der Waals surface area contributed by atoms with Gasteiger partial charge in [-0.15, -0.1) is 11.3 Å². The van der Waals surface area contributed by atoms with Crippen LogP contribution in [-0.4, -0.2) is 9.55 Å². The Morgan fingerprint density at radius 3 is 2.52 bits per heavy atom. The van der Waals surface area contributed by atoms with Gasteiger partial charge in [0.15, 0.2) is 4.77 Å². The van der Waals surface area contributed by atoms with Crippen LogP contribution >= 0.6 is 23.6 Å². The molecule has 5 heteroatoms. The summed E-state index contributed by atoms with van der Waals surface area (Å²) in [6, 6.07) is 0.248. The van der Waals surface area contributed by atoms with E-state index < -0.39 is 0 Å². The van der Waals surface area contributed by atoms with E-state index >= 15 is 0 Å². The molecule has 1 fully saturated rings. The molecule has 3 nitrogen and oxygen atoms in total. The van der Waals surface area contributed by atoms with Gasteiger partial charge in [0.1, 0.15) is 4.83 Å². The van der Waals surface area contributed by atoms with Crippen molar-refractivity contribution >= 4 is 33.8 Å². The largest absolute Gasteiger partial charge is 0.323 e. The number of aromatic amines is 1. The minimum absolute atomic E-state index is 0.0975. The van der Waals surface area contributed by atoms with Gasteiger partial charge in [0.25, 0.3) is 5.56 Å². The second-order valence-electron chi connectivity index (χ2n) is 6.99. The number of aromatic nitrogens is 2. The highest BCUT2D eigenvalue weighted by Gasteiger charge is 2.29. The highest BCUT2D eigenvalue weighted by molar-refractivity contribution is 7.71. The van der Waals surface area contributed by atoms with Gasteiger partial charge in [-0.3, -0.25) is 9.36 Å². The quantitative estimate of drug-likeness (QED) is 0.760. The highest BCUT2D eigenvalue weighted by Crippen LogP contribution is 2.40. The second kappa shape index (κ2) is 5.06. The molecule has 0 bridgehead atoms. The van der Waals surface area contributed by atoms with Crippen molar-refractivity contribution in [3.8, 4) is 0 Å². The van der Waals surface area contributed by atoms with E-state index in [1.165, 1.54) is 4.88 Å². The normalized spacial score (nSPS) is 19.2. The van der Waals surface area contributed by atoms with Gasteiger partial charge >= 0.3 is 0 Å². The molecule has 0 atom stereocenters. The molecular weight excluding hydrogens is 300 g/mol. The van der Waals surface area contributed by atoms with E-state index in [-0.39, 0.29) is 11.6 Å². The van der Waals surface area contributed by atoms with E-state index in [4.69, 9.17) is 12.2 Å². The first-order chi connectivity index (χ1) is 9.80. The first-order valence-electron chi connectivity index (χ1n) is 7.55. The number of thiophene rings is 1. The Morgan fingerprint density at radius 1 is 1.29 bits per heavy atom. The smallest absolute Gasteiger partial charge is 0.263 e. The fourth-order valence-electron chi connectivity index (χ4n) is 3.32. The fraction of sp³-hybridized carbons (Fsp3) is 0.625. The number of fused-ring (bicyclic) bond motifs is 1. The first kappa shape index (κ1) is 15.0. The van der Waals surface area contributed by atoms with Crippen molar-refractivity contribution in [1.82, 2.24) is 9.55 Å². The monoisotopic (exact) mass is 322 g/mol. The van der Waals surface area contributed by atoms with Crippen LogP contribution in [0.1, 0.15) is 56.0 Å². The van der Waals surface area contributed by atoms with E-state index in [2.05, 4.69) is 25.8 Å². The molecule has 0 aromatic carbocycles. The molecule has 1 N–H and O–H groups in total. The topological polar surface area (TPSA) is 37.8 Å². The van der Waals surface area contributed by atoms with Gasteiger partial charge in [-0.2, -0.15) is 0 Å². The van der Waals surface area contributed by atoms with Crippen molar-refractivity contribution in [2.75, 3.05) is 0 Å². The zero-order valence-corrected chi connectivity index (χ0v) is 14.7. The molecule has 2 aromatic heterocycles. The Bertz CT molecular complexity index is 800. The summed E-state index contributed by atoms with van der Waals surface area (Å²) < 4.78 is 2.42. The fourth-order valence-corrected chi connectivity index (χ4v) is 4.77. The molecule has 2 heterocycles. The van der Waals surface area contributed by atoms with Crippen molar-refractivity contribution < 1.29 is 0 Å². The summed E-state index contributed by atoms with van der Waals surface area (Å²) in [6.45, 7) is 8.70. The summed E-state index contributed by atoms with van der Waals surface area (Å²) in [5, 5.41) is 0.830. The Kier molecular flexibility index (Phi) is 3.61. The van der Waals surface area contributed by atoms with Gasteiger partial charge in [0.2, 0.25) is 0 Å². The predicted molar refractivity (Wildman–Crippen MR) is 92.0 cm³/mol. The summed E-state index contributed by atoms with van der Waals surface area (Å²) in [5.74, 6) is 0. The molecule has 0 spiro atoms. The van der Waals surface area contributed by atoms with E-state index in [0.29, 0.717) is 10.2 Å². The maximum Gasteiger partial charge on any atom is 0.263 e. The number of nitrogens with one attached hydrogen (secondary N) is 1. The van der Waals surface area contributed by atoms with E-state index in [1.807, 2.05) is 11.5 Å². The number of aryl methyl sites for hydroxylation is 2. The van der Waals surface area contributed by atoms with E-state index in [0.717, 1.165) is 41.5 Å². The lowest BCUT2D eigenvalue weighted by atomic mass is 9.75. The number of hydrogen-bond acceptors (Lipinski definition) is 3. The second-order valence-corrected chi connectivity index (χ2v) is 8.60. The molecule has 0 unspecified atom stereocenters. The van der Waals surface area contributed by atoms with Gasteiger partial charge < -0.3 is 4.98 Å². The van der Waals surface area contributed by atoms with Gasteiger partial charge in [-0.05, 0) is 62.7 Å². The van der Waals surface area contributed by atoms with Crippen LogP contribution < -0.4 is 5.56 Å². The number of nitrogens with zero attached hydrogens (tertiary/aromatic N) is 1. The summed E-state index contributed by atoms with van der Waals surface area (Å²) >= 11 is 7.10. The Balaban J connectivity index is 2.13. The van der Waals surface area contributed by atoms with Crippen LogP contribution in [0.5, 0.6) is 0 Å². The molecule has 1 aliphatic rings. The standard InChI is InChI=1S/C16H22N2OS2/c1-9-10(2)21-13-12(9)14(19)18(15(20)17-13)11-5-7-16(3,4)8-6-11/h11H,5-8H2,1-4H3,(H,17,20). The Morgan fingerprint density at radius 2 is 1.90 bits per heavy atom. The summed E-state index contributed by atoms with van der Waals surface area (Å²) in [5.41, 5.74) is 1.58. The summed E-state index contributed by atoms with van der Waals surface area (Å²) in [7, 11) is 0. The van der Waals surface area contributed by atoms with Crippen molar-refractivity contribution in [2.45, 2.75) is 59.4 Å². The summed E-state index contributed by atoms with van der Waals surface area (Å²) in [4.78, 5) is 18.3. The van der Waals surface area contributed by atoms with E-state index in [1.54, 1.807) is 11.3 Å². The molecule has 1 aliphatic carbocycles. The lowest BCUT2D eigenvalue weighted by molar-refractivity contribution is 0.190. The third-order valence-electron chi connectivity index (χ3n) is 4.93. The van der Waals surface area contributed by atoms with Crippen LogP contribution in [0.15, 0.2) is 4.79 Å². The first-order valence-corrected chi connectivity index (χ1v) is 8.77. The van der Waals surface area contributed by atoms with Crippen molar-refractivity contribution in [1.29, 1.82) is 0 Å². The lowest BCUT2D eigenvalue weighted by Crippen LogP contribution is -2.31. The van der Waals surface area contributed by atoms with Crippen LogP contribution in [0.3, 0.4) is 0 Å². The van der Waals surface area contributed by atoms with Crippen molar-refractivity contribution in [3.05, 3.63) is 25.6 Å². The Labute approximate surface area is 134 Å². The molecule has 0 radical (unpaired) electrons. The van der Waals surface area contributed by atoms with Crippen LogP contribution in [-0.2, 0) is 0 Å². The molecule has 21 heavy (non-hydrogen) atoms. The highest BCUT2D eigenvalue weighted by atomic mass is 32.1. The lowest BCUT2D eigenvalue weighted by Gasteiger charge is -2.35. The molecule has 0 saturated heterocycles. The molecule has 0 aliphatic heterocycles. The van der Waals surface area contributed by atoms with Crippen LogP contribution in [0.25, 0.3) is 10.2 Å². The molecule has 3 rings (SSSR count). The van der Waals surface area contributed by atoms with Gasteiger partial charge in [0.05, 0.1) is 5.39 Å². The third-order valence-corrected chi connectivity index (χ3v) is 6.35. The number of rotatable bonds is 1. The van der Waals surface area contributed by atoms with Crippen LogP contribution in [0, 0.1) is 24.0 Å². The molecule has 1 saturated carbocycles. The van der Waals surface area contributed by atoms with E-state index in [9.17, 15) is 4.79 Å². The minimum atomic E-state index is 0.0975. The Hall–Kier alpha value is -0.940. The maximum atomic E-state index is 12.9. The average Bonchev–Trinajstić information content (AvgIpc) is 2.67. The number of hydrogen-bond donors (Lipinski definition) is 1. The minimum Gasteiger partial charge on any atom is -0.323 e. The predicted octanol–water partition coefficient (Wildman–Crippen LogP) is 4.88. The average molecular weight is 322 g/mol. The van der Waals surface area contributed by atoms with Gasteiger partial charge in [0, 0.05) is 10.9 Å². The zero-order valence-electron chi connectivity index (χ0n) is 13.1. The van der Waals surface area contributed by atoms with Gasteiger partial charge in [-0.1, -0.05) is 13.8 Å². The van der Waals surface area contributed by atoms with Crippen molar-refractivity contribution in [2.24, 2.45) is 5.41 Å². The molecular formula is C16H22N2OS2. The number of H-pyrrole nitrogens is 1. The summed E-state index contributed by atoms with van der Waals surface area (Å²) in [6.07, 6.45) is 4.38. The third kappa shape index (κ3) is 2.50. The van der Waals surface area contributed by atoms with Crippen molar-refractivity contribution in [3.63, 3.8) is 0 Å². The molecule has 2 aromatic rings. The zero-order chi connectivity index (χ0) is 15.4. The SMILES string of the molecule is Cc1sc2[nH]c(=S)n(C3CCC(C)(C)CC3)c(=O)c2c1C. The van der Waals surface area contributed by atoms with Crippen LogP contribution in [0.4, 0.5) is 0 Å². The molecule has 114 valence electrons. The van der Waals surface area contributed by atoms with Gasteiger partial charge in [-0.25, -0.2) is 0 Å².